The molecule has 1 aliphatic rings. The summed E-state index contributed by atoms with van der Waals surface area (Å²) in [6.07, 6.45) is -1.72. The van der Waals surface area contributed by atoms with Gasteiger partial charge in [0.15, 0.2) is 13.7 Å². The first-order valence-electron chi connectivity index (χ1n) is 16.7. The van der Waals surface area contributed by atoms with E-state index in [2.05, 4.69) is 102 Å². The lowest BCUT2D eigenvalue weighted by Gasteiger charge is -2.55. The van der Waals surface area contributed by atoms with Crippen LogP contribution in [0.1, 0.15) is 95.6 Å². The Morgan fingerprint density at radius 2 is 1.14 bits per heavy atom. The molecule has 1 aromatic rings. The summed E-state index contributed by atoms with van der Waals surface area (Å²) >= 11 is 0. The second-order valence-corrected chi connectivity index (χ2v) is 28.6. The zero-order chi connectivity index (χ0) is 32.9. The van der Waals surface area contributed by atoms with Crippen molar-refractivity contribution < 1.29 is 27.4 Å². The van der Waals surface area contributed by atoms with Gasteiger partial charge in [-0.25, -0.2) is 0 Å². The van der Waals surface area contributed by atoms with E-state index in [1.807, 2.05) is 18.2 Å². The lowest BCUT2D eigenvalue weighted by atomic mass is 9.92. The molecule has 0 N–H and O–H groups in total. The molecule has 0 saturated carbocycles. The van der Waals surface area contributed by atoms with Crippen LogP contribution in [0.5, 0.6) is 0 Å². The van der Waals surface area contributed by atoms with Gasteiger partial charge >= 0.3 is 0 Å². The summed E-state index contributed by atoms with van der Waals surface area (Å²) in [7, 11) is -7.55. The maximum Gasteiger partial charge on any atom is 0.201 e. The summed E-state index contributed by atoms with van der Waals surface area (Å²) in [5.74, 6) is -0.176. The molecular weight excluding hydrogens is 592 g/mol. The van der Waals surface area contributed by atoms with Crippen molar-refractivity contribution in [2.45, 2.75) is 154 Å². The lowest BCUT2D eigenvalue weighted by molar-refractivity contribution is -0.253. The molecule has 1 fully saturated rings. The Bertz CT molecular complexity index is 966. The highest BCUT2D eigenvalue weighted by Crippen LogP contribution is 2.51. The molecule has 0 bridgehead atoms. The van der Waals surface area contributed by atoms with Crippen molar-refractivity contribution >= 4 is 24.0 Å². The normalized spacial score (nSPS) is 24.3. The Morgan fingerprint density at radius 3 is 1.53 bits per heavy atom. The van der Waals surface area contributed by atoms with Crippen molar-refractivity contribution in [1.82, 2.24) is 0 Å². The van der Waals surface area contributed by atoms with Crippen molar-refractivity contribution in [3.8, 4) is 0 Å². The lowest BCUT2D eigenvalue weighted by Crippen LogP contribution is -2.65. The predicted octanol–water partition coefficient (Wildman–Crippen LogP) is 10.2. The summed E-state index contributed by atoms with van der Waals surface area (Å²) in [5, 5.41) is 0. The highest BCUT2D eigenvalue weighted by Gasteiger charge is 2.57. The van der Waals surface area contributed by atoms with Gasteiger partial charge in [0.1, 0.15) is 6.10 Å². The smallest absolute Gasteiger partial charge is 0.201 e. The van der Waals surface area contributed by atoms with Gasteiger partial charge in [-0.1, -0.05) is 120 Å². The number of hydrogen-bond donors (Lipinski definition) is 0. The first kappa shape index (κ1) is 38.9. The van der Waals surface area contributed by atoms with Crippen LogP contribution in [0.4, 0.5) is 0 Å². The van der Waals surface area contributed by atoms with Crippen molar-refractivity contribution in [1.29, 1.82) is 0 Å². The average molecular weight is 657 g/mol. The fourth-order valence-corrected chi connectivity index (χ4v) is 20.0. The molecule has 250 valence electrons. The molecular formula is C34H65O6PSi2. The zero-order valence-electron chi connectivity index (χ0n) is 30.0. The van der Waals surface area contributed by atoms with Gasteiger partial charge in [0, 0.05) is 19.2 Å². The topological polar surface area (TPSA) is 63.2 Å². The van der Waals surface area contributed by atoms with E-state index in [-0.39, 0.29) is 18.1 Å². The highest BCUT2D eigenvalue weighted by atomic mass is 31.2. The molecule has 0 spiro atoms. The van der Waals surface area contributed by atoms with Crippen LogP contribution >= 0.6 is 7.37 Å². The fourth-order valence-electron chi connectivity index (χ4n) is 8.02. The third kappa shape index (κ3) is 9.15. The Labute approximate surface area is 267 Å². The van der Waals surface area contributed by atoms with Crippen LogP contribution in [0.15, 0.2) is 30.3 Å². The maximum absolute atomic E-state index is 13.0. The Morgan fingerprint density at radius 1 is 0.721 bits per heavy atom. The van der Waals surface area contributed by atoms with E-state index < -0.39 is 36.4 Å². The van der Waals surface area contributed by atoms with Gasteiger partial charge in [-0.2, -0.15) is 0 Å². The van der Waals surface area contributed by atoms with E-state index in [1.54, 1.807) is 13.3 Å². The zero-order valence-corrected chi connectivity index (χ0v) is 32.9. The SMILES string of the molecule is CC1C(OP(C)(C)=O)OC(COCc2ccccc2)C(O[Si](C(C)C)(C(C)C)C(C)C)C1O[Si](C(C)C)(C(C)C)C(C)C. The van der Waals surface area contributed by atoms with Gasteiger partial charge in [-0.15, -0.1) is 0 Å². The van der Waals surface area contributed by atoms with Crippen LogP contribution in [0.3, 0.4) is 0 Å². The molecule has 0 aliphatic carbocycles. The summed E-state index contributed by atoms with van der Waals surface area (Å²) in [5.41, 5.74) is 3.52. The minimum atomic E-state index is -2.86. The number of rotatable bonds is 16. The van der Waals surface area contributed by atoms with Gasteiger partial charge in [0.05, 0.1) is 25.4 Å². The fraction of sp³-hybridized carbons (Fsp3) is 0.824. The Hall–Kier alpha value is -0.316. The second-order valence-electron chi connectivity index (χ2n) is 15.1. The molecule has 43 heavy (non-hydrogen) atoms. The molecule has 1 heterocycles. The van der Waals surface area contributed by atoms with E-state index in [0.29, 0.717) is 46.5 Å². The monoisotopic (exact) mass is 656 g/mol. The Kier molecular flexibility index (Phi) is 14.5. The quantitative estimate of drug-likeness (QED) is 0.130. The van der Waals surface area contributed by atoms with Crippen LogP contribution in [0, 0.1) is 5.92 Å². The van der Waals surface area contributed by atoms with Crippen LogP contribution in [0.2, 0.25) is 33.2 Å². The van der Waals surface area contributed by atoms with Crippen LogP contribution < -0.4 is 0 Å². The molecule has 0 radical (unpaired) electrons. The summed E-state index contributed by atoms with van der Waals surface area (Å²) in [6, 6.07) is 10.2. The predicted molar refractivity (Wildman–Crippen MR) is 186 cm³/mol. The first-order chi connectivity index (χ1) is 19.8. The summed E-state index contributed by atoms with van der Waals surface area (Å²) < 4.78 is 47.6. The summed E-state index contributed by atoms with van der Waals surface area (Å²) in [4.78, 5) is 0. The average Bonchev–Trinajstić information content (AvgIpc) is 2.87. The maximum atomic E-state index is 13.0. The molecule has 0 amide bonds. The van der Waals surface area contributed by atoms with E-state index in [1.165, 1.54) is 0 Å². The van der Waals surface area contributed by atoms with E-state index >= 15 is 0 Å². The molecule has 1 aromatic carbocycles. The van der Waals surface area contributed by atoms with Crippen LogP contribution in [0.25, 0.3) is 0 Å². The Balaban J connectivity index is 2.71. The highest BCUT2D eigenvalue weighted by molar-refractivity contribution is 7.57. The number of ether oxygens (including phenoxy) is 2. The van der Waals surface area contributed by atoms with Gasteiger partial charge in [0.25, 0.3) is 0 Å². The third-order valence-corrected chi connectivity index (χ3v) is 22.7. The molecule has 1 saturated heterocycles. The van der Waals surface area contributed by atoms with Crippen molar-refractivity contribution in [3.63, 3.8) is 0 Å². The molecule has 6 nitrogen and oxygen atoms in total. The minimum Gasteiger partial charge on any atom is -0.410 e. The van der Waals surface area contributed by atoms with Gasteiger partial charge in [0.2, 0.25) is 16.6 Å². The number of benzene rings is 1. The molecule has 5 atom stereocenters. The second kappa shape index (κ2) is 16.0. The molecule has 2 rings (SSSR count). The van der Waals surface area contributed by atoms with Crippen molar-refractivity contribution in [3.05, 3.63) is 35.9 Å². The molecule has 0 aromatic heterocycles. The third-order valence-electron chi connectivity index (χ3n) is 9.79. The van der Waals surface area contributed by atoms with E-state index in [0.717, 1.165) is 5.56 Å². The molecule has 1 aliphatic heterocycles. The van der Waals surface area contributed by atoms with Crippen molar-refractivity contribution in [2.75, 3.05) is 19.9 Å². The molecule has 5 unspecified atom stereocenters. The number of hydrogen-bond acceptors (Lipinski definition) is 6. The first-order valence-corrected chi connectivity index (χ1v) is 23.5. The van der Waals surface area contributed by atoms with Gasteiger partial charge in [-0.3, -0.25) is 9.09 Å². The van der Waals surface area contributed by atoms with E-state index in [4.69, 9.17) is 22.8 Å². The summed E-state index contributed by atoms with van der Waals surface area (Å²) in [6.45, 7) is 34.1. The van der Waals surface area contributed by atoms with Gasteiger partial charge in [-0.05, 0) is 38.8 Å². The standard InChI is InChI=1S/C34H65O6PSi2/c1-23(2)42(24(3)4,25(5)6)39-32-29(13)34(38-41(14,15)35)37-31(22-36-21-30-19-17-16-18-20-30)33(32)40-43(26(7)8,27(9)10)28(11)12/h16-20,23-29,31-34H,21-22H2,1-15H3. The molecule has 9 heteroatoms. The van der Waals surface area contributed by atoms with Crippen LogP contribution in [-0.2, 0) is 34.0 Å². The van der Waals surface area contributed by atoms with Crippen LogP contribution in [-0.4, -0.2) is 61.2 Å². The largest absolute Gasteiger partial charge is 0.410 e. The minimum absolute atomic E-state index is 0.176. The van der Waals surface area contributed by atoms with Gasteiger partial charge < -0.3 is 18.3 Å². The van der Waals surface area contributed by atoms with E-state index in [9.17, 15) is 4.57 Å². The van der Waals surface area contributed by atoms with Crippen molar-refractivity contribution in [2.24, 2.45) is 5.92 Å².